The fourth-order valence-electron chi connectivity index (χ4n) is 5.88. The summed E-state index contributed by atoms with van der Waals surface area (Å²) in [4.78, 5) is 0. The first-order valence-electron chi connectivity index (χ1n) is 18.6. The number of unbranched alkanes of at least 4 members (excludes halogenated alkanes) is 29. The smallest absolute Gasteiger partial charge is 0.00773 e. The highest BCUT2D eigenvalue weighted by Crippen LogP contribution is 2.16. The van der Waals surface area contributed by atoms with Gasteiger partial charge in [0.15, 0.2) is 0 Å². The van der Waals surface area contributed by atoms with Crippen molar-refractivity contribution in [1.82, 2.24) is 0 Å². The van der Waals surface area contributed by atoms with Crippen LogP contribution in [-0.2, 0) is 0 Å². The molecule has 2 N–H and O–H groups in total. The SMILES string of the molecule is CC(C)CCCCCCC/C=C\CCCCCCCCCCCCCCCCCCCCCCCCCCN. The largest absolute Gasteiger partial charge is 0.330 e. The number of hydrogen-bond acceptors (Lipinski definition) is 1. The first-order chi connectivity index (χ1) is 19.3. The molecule has 0 saturated heterocycles. The third kappa shape index (κ3) is 37.7. The Morgan fingerprint density at radius 1 is 0.333 bits per heavy atom. The molecule has 39 heavy (non-hydrogen) atoms. The summed E-state index contributed by atoms with van der Waals surface area (Å²) >= 11 is 0. The zero-order valence-corrected chi connectivity index (χ0v) is 27.6. The van der Waals surface area contributed by atoms with Gasteiger partial charge in [-0.2, -0.15) is 0 Å². The van der Waals surface area contributed by atoms with Gasteiger partial charge in [0.2, 0.25) is 0 Å². The molecular weight excluding hydrogens is 470 g/mol. The van der Waals surface area contributed by atoms with Crippen molar-refractivity contribution in [3.05, 3.63) is 12.2 Å². The second-order valence-electron chi connectivity index (χ2n) is 13.3. The zero-order chi connectivity index (χ0) is 28.3. The lowest BCUT2D eigenvalue weighted by Gasteiger charge is -2.04. The van der Waals surface area contributed by atoms with E-state index in [-0.39, 0.29) is 0 Å². The van der Waals surface area contributed by atoms with Crippen LogP contribution < -0.4 is 5.73 Å². The standard InChI is InChI=1S/C38H77N/c1-38(2)36-34-32-30-28-26-24-22-20-18-16-14-12-10-8-6-4-3-5-7-9-11-13-15-17-19-21-23-25-27-29-31-33-35-37-39/h20,22,38H,3-19,21,23-37,39H2,1-2H3/b22-20-. The van der Waals surface area contributed by atoms with Crippen LogP contribution in [0, 0.1) is 5.92 Å². The zero-order valence-electron chi connectivity index (χ0n) is 27.6. The first-order valence-corrected chi connectivity index (χ1v) is 18.6. The van der Waals surface area contributed by atoms with E-state index in [4.69, 9.17) is 5.73 Å². The van der Waals surface area contributed by atoms with Gasteiger partial charge in [0.05, 0.1) is 0 Å². The molecule has 0 aromatic heterocycles. The summed E-state index contributed by atoms with van der Waals surface area (Å²) in [5.41, 5.74) is 5.55. The molecule has 0 spiro atoms. The lowest BCUT2D eigenvalue weighted by Crippen LogP contribution is -1.97. The van der Waals surface area contributed by atoms with Gasteiger partial charge < -0.3 is 5.73 Å². The Kier molecular flexibility index (Phi) is 35.5. The topological polar surface area (TPSA) is 26.0 Å². The van der Waals surface area contributed by atoms with E-state index in [0.29, 0.717) is 0 Å². The van der Waals surface area contributed by atoms with Crippen molar-refractivity contribution in [2.24, 2.45) is 11.7 Å². The number of rotatable bonds is 34. The molecule has 0 rings (SSSR count). The van der Waals surface area contributed by atoms with Gasteiger partial charge in [-0.05, 0) is 44.6 Å². The van der Waals surface area contributed by atoms with E-state index in [1.807, 2.05) is 0 Å². The molecule has 1 heteroatoms. The third-order valence-electron chi connectivity index (χ3n) is 8.64. The van der Waals surface area contributed by atoms with Crippen LogP contribution in [0.15, 0.2) is 12.2 Å². The Hall–Kier alpha value is -0.300. The Bertz CT molecular complexity index is 440. The van der Waals surface area contributed by atoms with Crippen LogP contribution in [0.4, 0.5) is 0 Å². The molecule has 0 fully saturated rings. The van der Waals surface area contributed by atoms with Gasteiger partial charge in [0.1, 0.15) is 0 Å². The second-order valence-corrected chi connectivity index (χ2v) is 13.3. The molecule has 0 saturated carbocycles. The molecule has 0 heterocycles. The van der Waals surface area contributed by atoms with Crippen LogP contribution >= 0.6 is 0 Å². The monoisotopic (exact) mass is 548 g/mol. The second kappa shape index (κ2) is 35.7. The number of hydrogen-bond donors (Lipinski definition) is 1. The van der Waals surface area contributed by atoms with Crippen molar-refractivity contribution in [1.29, 1.82) is 0 Å². The maximum absolute atomic E-state index is 5.55. The van der Waals surface area contributed by atoms with E-state index in [0.717, 1.165) is 12.5 Å². The summed E-state index contributed by atoms with van der Waals surface area (Å²) in [6.07, 6.45) is 50.8. The van der Waals surface area contributed by atoms with E-state index in [1.54, 1.807) is 0 Å². The molecule has 0 aliphatic carbocycles. The van der Waals surface area contributed by atoms with Gasteiger partial charge in [0.25, 0.3) is 0 Å². The van der Waals surface area contributed by atoms with Crippen molar-refractivity contribution < 1.29 is 0 Å². The predicted octanol–water partition coefficient (Wildman–Crippen LogP) is 13.6. The third-order valence-corrected chi connectivity index (χ3v) is 8.64. The van der Waals surface area contributed by atoms with Gasteiger partial charge in [-0.3, -0.25) is 0 Å². The summed E-state index contributed by atoms with van der Waals surface area (Å²) in [5.74, 6) is 0.884. The number of nitrogens with two attached hydrogens (primary N) is 1. The van der Waals surface area contributed by atoms with E-state index < -0.39 is 0 Å². The molecule has 0 unspecified atom stereocenters. The van der Waals surface area contributed by atoms with Crippen LogP contribution in [0.1, 0.15) is 219 Å². The Morgan fingerprint density at radius 2 is 0.564 bits per heavy atom. The summed E-state index contributed by atoms with van der Waals surface area (Å²) < 4.78 is 0. The fourth-order valence-corrected chi connectivity index (χ4v) is 5.88. The van der Waals surface area contributed by atoms with Gasteiger partial charge in [-0.15, -0.1) is 0 Å². The summed E-state index contributed by atoms with van der Waals surface area (Å²) in [6, 6.07) is 0. The van der Waals surface area contributed by atoms with E-state index in [9.17, 15) is 0 Å². The lowest BCUT2D eigenvalue weighted by molar-refractivity contribution is 0.515. The molecule has 0 atom stereocenters. The van der Waals surface area contributed by atoms with Crippen LogP contribution in [-0.4, -0.2) is 6.54 Å². The van der Waals surface area contributed by atoms with E-state index in [2.05, 4.69) is 26.0 Å². The molecule has 0 bridgehead atoms. The van der Waals surface area contributed by atoms with Gasteiger partial charge in [-0.25, -0.2) is 0 Å². The quantitative estimate of drug-likeness (QED) is 0.0629. The van der Waals surface area contributed by atoms with Crippen molar-refractivity contribution in [3.8, 4) is 0 Å². The molecule has 0 radical (unpaired) electrons. The van der Waals surface area contributed by atoms with Gasteiger partial charge in [0, 0.05) is 0 Å². The molecule has 0 aromatic rings. The maximum atomic E-state index is 5.55. The van der Waals surface area contributed by atoms with Crippen LogP contribution in [0.3, 0.4) is 0 Å². The van der Waals surface area contributed by atoms with Crippen LogP contribution in [0.2, 0.25) is 0 Å². The van der Waals surface area contributed by atoms with E-state index >= 15 is 0 Å². The van der Waals surface area contributed by atoms with Crippen molar-refractivity contribution in [2.45, 2.75) is 219 Å². The highest BCUT2D eigenvalue weighted by Gasteiger charge is 1.97. The summed E-state index contributed by atoms with van der Waals surface area (Å²) in [6.45, 7) is 5.55. The van der Waals surface area contributed by atoms with Gasteiger partial charge in [-0.1, -0.05) is 199 Å². The summed E-state index contributed by atoms with van der Waals surface area (Å²) in [7, 11) is 0. The van der Waals surface area contributed by atoms with Crippen molar-refractivity contribution >= 4 is 0 Å². The van der Waals surface area contributed by atoms with Crippen LogP contribution in [0.5, 0.6) is 0 Å². The Balaban J connectivity index is 3.07. The molecule has 0 aliphatic heterocycles. The van der Waals surface area contributed by atoms with Gasteiger partial charge >= 0.3 is 0 Å². The average molecular weight is 548 g/mol. The van der Waals surface area contributed by atoms with Crippen molar-refractivity contribution in [3.63, 3.8) is 0 Å². The minimum Gasteiger partial charge on any atom is -0.330 e. The highest BCUT2D eigenvalue weighted by atomic mass is 14.5. The molecule has 234 valence electrons. The minimum absolute atomic E-state index is 0.873. The minimum atomic E-state index is 0.873. The molecular formula is C38H77N. The lowest BCUT2D eigenvalue weighted by atomic mass is 10.0. The van der Waals surface area contributed by atoms with Crippen molar-refractivity contribution in [2.75, 3.05) is 6.54 Å². The normalized spacial score (nSPS) is 11.9. The fraction of sp³-hybridized carbons (Fsp3) is 0.947. The predicted molar refractivity (Wildman–Crippen MR) is 181 cm³/mol. The van der Waals surface area contributed by atoms with Crippen LogP contribution in [0.25, 0.3) is 0 Å². The molecule has 0 aromatic carbocycles. The molecule has 0 aliphatic rings. The highest BCUT2D eigenvalue weighted by molar-refractivity contribution is 4.81. The summed E-state index contributed by atoms with van der Waals surface area (Å²) in [5, 5.41) is 0. The first kappa shape index (κ1) is 38.7. The Labute approximate surface area is 249 Å². The maximum Gasteiger partial charge on any atom is -0.00773 e. The Morgan fingerprint density at radius 3 is 0.821 bits per heavy atom. The number of allylic oxidation sites excluding steroid dienone is 2. The molecule has 1 nitrogen and oxygen atoms in total. The molecule has 0 amide bonds. The van der Waals surface area contributed by atoms with E-state index in [1.165, 1.54) is 205 Å². The average Bonchev–Trinajstić information content (AvgIpc) is 2.93.